The van der Waals surface area contributed by atoms with E-state index >= 15 is 0 Å². The molecule has 2 aliphatic rings. The van der Waals surface area contributed by atoms with Crippen LogP contribution in [-0.2, 0) is 0 Å². The first-order chi connectivity index (χ1) is 7.68. The largest absolute Gasteiger partial charge is 0.360 e. The van der Waals surface area contributed by atoms with Crippen LogP contribution in [-0.4, -0.2) is 29.1 Å². The van der Waals surface area contributed by atoms with Gasteiger partial charge in [-0.05, 0) is 50.7 Å². The summed E-state index contributed by atoms with van der Waals surface area (Å²) in [6, 6.07) is 1.25. The van der Waals surface area contributed by atoms with Crippen LogP contribution >= 0.6 is 12.2 Å². The zero-order valence-corrected chi connectivity index (χ0v) is 11.4. The quantitative estimate of drug-likeness (QED) is 0.764. The van der Waals surface area contributed by atoms with Crippen molar-refractivity contribution in [2.45, 2.75) is 64.0 Å². The van der Waals surface area contributed by atoms with Gasteiger partial charge in [0.2, 0.25) is 0 Å². The monoisotopic (exact) mass is 240 g/mol. The third-order valence-corrected chi connectivity index (χ3v) is 4.57. The fraction of sp³-hybridized carbons (Fsp3) is 0.923. The number of thiocarbonyl (C=S) groups is 1. The van der Waals surface area contributed by atoms with Crippen molar-refractivity contribution in [3.8, 4) is 0 Å². The second-order valence-electron chi connectivity index (χ2n) is 5.47. The molecule has 0 radical (unpaired) electrons. The Hall–Kier alpha value is -0.310. The van der Waals surface area contributed by atoms with E-state index in [0.717, 1.165) is 11.0 Å². The summed E-state index contributed by atoms with van der Waals surface area (Å²) in [6.45, 7) is 2.30. The average Bonchev–Trinajstić information content (AvgIpc) is 3.12. The molecule has 0 spiro atoms. The van der Waals surface area contributed by atoms with Gasteiger partial charge in [-0.15, -0.1) is 0 Å². The van der Waals surface area contributed by atoms with Crippen molar-refractivity contribution < 1.29 is 0 Å². The molecule has 0 aromatic heterocycles. The van der Waals surface area contributed by atoms with Crippen LogP contribution in [0.2, 0.25) is 0 Å². The number of hydrogen-bond acceptors (Lipinski definition) is 1. The molecule has 2 saturated carbocycles. The van der Waals surface area contributed by atoms with Crippen LogP contribution in [0.25, 0.3) is 0 Å². The predicted molar refractivity (Wildman–Crippen MR) is 72.6 cm³/mol. The van der Waals surface area contributed by atoms with Crippen LogP contribution in [0.1, 0.15) is 51.9 Å². The molecule has 92 valence electrons. The van der Waals surface area contributed by atoms with E-state index in [0.29, 0.717) is 12.1 Å². The highest BCUT2D eigenvalue weighted by Crippen LogP contribution is 2.34. The van der Waals surface area contributed by atoms with Crippen LogP contribution in [0.5, 0.6) is 0 Å². The molecule has 1 atom stereocenters. The zero-order valence-electron chi connectivity index (χ0n) is 10.5. The molecule has 2 nitrogen and oxygen atoms in total. The molecule has 0 heterocycles. The Morgan fingerprint density at radius 2 is 1.81 bits per heavy atom. The minimum atomic E-state index is 0.614. The van der Waals surface area contributed by atoms with E-state index in [1.807, 2.05) is 0 Å². The van der Waals surface area contributed by atoms with E-state index in [-0.39, 0.29) is 0 Å². The SMILES string of the molecule is CC(C1CC1)N(C)C(=S)NC1CCCCC1. The molecule has 16 heavy (non-hydrogen) atoms. The Balaban J connectivity index is 1.76. The van der Waals surface area contributed by atoms with Crippen LogP contribution < -0.4 is 5.32 Å². The van der Waals surface area contributed by atoms with Crippen LogP contribution in [0.3, 0.4) is 0 Å². The van der Waals surface area contributed by atoms with Crippen LogP contribution in [0.15, 0.2) is 0 Å². The van der Waals surface area contributed by atoms with E-state index in [1.165, 1.54) is 44.9 Å². The topological polar surface area (TPSA) is 15.3 Å². The first-order valence-electron chi connectivity index (χ1n) is 6.72. The molecular formula is C13H24N2S. The highest BCUT2D eigenvalue weighted by atomic mass is 32.1. The van der Waals surface area contributed by atoms with Gasteiger partial charge in [0.05, 0.1) is 0 Å². The van der Waals surface area contributed by atoms with Gasteiger partial charge < -0.3 is 10.2 Å². The van der Waals surface area contributed by atoms with E-state index in [2.05, 4.69) is 24.2 Å². The summed E-state index contributed by atoms with van der Waals surface area (Å²) < 4.78 is 0. The van der Waals surface area contributed by atoms with Crippen molar-refractivity contribution in [2.24, 2.45) is 5.92 Å². The van der Waals surface area contributed by atoms with E-state index < -0.39 is 0 Å². The Morgan fingerprint density at radius 1 is 1.19 bits per heavy atom. The van der Waals surface area contributed by atoms with Crippen molar-refractivity contribution in [1.82, 2.24) is 10.2 Å². The number of nitrogens with zero attached hydrogens (tertiary/aromatic N) is 1. The molecule has 0 bridgehead atoms. The Morgan fingerprint density at radius 3 is 2.38 bits per heavy atom. The molecule has 0 aromatic carbocycles. The van der Waals surface area contributed by atoms with Crippen molar-refractivity contribution in [3.05, 3.63) is 0 Å². The summed E-state index contributed by atoms with van der Waals surface area (Å²) in [5.41, 5.74) is 0. The second kappa shape index (κ2) is 5.35. The van der Waals surface area contributed by atoms with E-state index in [1.54, 1.807) is 0 Å². The maximum Gasteiger partial charge on any atom is 0.169 e. The number of rotatable bonds is 3. The van der Waals surface area contributed by atoms with Gasteiger partial charge in [0.25, 0.3) is 0 Å². The lowest BCUT2D eigenvalue weighted by atomic mass is 9.96. The minimum Gasteiger partial charge on any atom is -0.360 e. The molecule has 2 aliphatic carbocycles. The lowest BCUT2D eigenvalue weighted by Crippen LogP contribution is -2.47. The fourth-order valence-corrected chi connectivity index (χ4v) is 2.94. The molecule has 0 saturated heterocycles. The molecular weight excluding hydrogens is 216 g/mol. The average molecular weight is 240 g/mol. The van der Waals surface area contributed by atoms with Gasteiger partial charge in [-0.2, -0.15) is 0 Å². The highest BCUT2D eigenvalue weighted by molar-refractivity contribution is 7.80. The lowest BCUT2D eigenvalue weighted by Gasteiger charge is -2.32. The molecule has 0 amide bonds. The van der Waals surface area contributed by atoms with Crippen LogP contribution in [0.4, 0.5) is 0 Å². The van der Waals surface area contributed by atoms with Gasteiger partial charge in [0.1, 0.15) is 0 Å². The lowest BCUT2D eigenvalue weighted by molar-refractivity contribution is 0.332. The first-order valence-corrected chi connectivity index (χ1v) is 7.12. The smallest absolute Gasteiger partial charge is 0.169 e. The van der Waals surface area contributed by atoms with Gasteiger partial charge in [-0.1, -0.05) is 19.3 Å². The summed E-state index contributed by atoms with van der Waals surface area (Å²) >= 11 is 5.50. The first kappa shape index (κ1) is 12.2. The maximum absolute atomic E-state index is 5.50. The van der Waals surface area contributed by atoms with Crippen molar-refractivity contribution >= 4 is 17.3 Å². The maximum atomic E-state index is 5.50. The van der Waals surface area contributed by atoms with Gasteiger partial charge in [0.15, 0.2) is 5.11 Å². The molecule has 2 fully saturated rings. The van der Waals surface area contributed by atoms with Gasteiger partial charge in [-0.25, -0.2) is 0 Å². The van der Waals surface area contributed by atoms with Gasteiger partial charge in [0, 0.05) is 19.1 Å². The third-order valence-electron chi connectivity index (χ3n) is 4.17. The van der Waals surface area contributed by atoms with Crippen molar-refractivity contribution in [1.29, 1.82) is 0 Å². The fourth-order valence-electron chi connectivity index (χ4n) is 2.60. The zero-order chi connectivity index (χ0) is 11.5. The standard InChI is InChI=1S/C13H24N2S/c1-10(11-8-9-11)15(2)13(16)14-12-6-4-3-5-7-12/h10-12H,3-9H2,1-2H3,(H,14,16). The molecule has 0 aromatic rings. The van der Waals surface area contributed by atoms with Crippen molar-refractivity contribution in [2.75, 3.05) is 7.05 Å². The minimum absolute atomic E-state index is 0.614. The number of nitrogens with one attached hydrogen (secondary N) is 1. The molecule has 3 heteroatoms. The second-order valence-corrected chi connectivity index (χ2v) is 5.86. The summed E-state index contributed by atoms with van der Waals surface area (Å²) in [5, 5.41) is 4.50. The molecule has 2 rings (SSSR count). The molecule has 1 N–H and O–H groups in total. The van der Waals surface area contributed by atoms with Gasteiger partial charge in [-0.3, -0.25) is 0 Å². The molecule has 0 aliphatic heterocycles. The normalized spacial score (nSPS) is 23.9. The summed E-state index contributed by atoms with van der Waals surface area (Å²) in [5.74, 6) is 0.885. The third kappa shape index (κ3) is 3.09. The Bertz CT molecular complexity index is 244. The molecule has 1 unspecified atom stereocenters. The predicted octanol–water partition coefficient (Wildman–Crippen LogP) is 2.92. The summed E-state index contributed by atoms with van der Waals surface area (Å²) in [7, 11) is 2.14. The van der Waals surface area contributed by atoms with E-state index in [9.17, 15) is 0 Å². The van der Waals surface area contributed by atoms with Crippen molar-refractivity contribution in [3.63, 3.8) is 0 Å². The van der Waals surface area contributed by atoms with Gasteiger partial charge >= 0.3 is 0 Å². The Kier molecular flexibility index (Phi) is 4.06. The highest BCUT2D eigenvalue weighted by Gasteiger charge is 2.31. The summed E-state index contributed by atoms with van der Waals surface area (Å²) in [4.78, 5) is 2.27. The Labute approximate surface area is 105 Å². The summed E-state index contributed by atoms with van der Waals surface area (Å²) in [6.07, 6.45) is 9.50. The number of hydrogen-bond donors (Lipinski definition) is 1. The van der Waals surface area contributed by atoms with Crippen LogP contribution in [0, 0.1) is 5.92 Å². The van der Waals surface area contributed by atoms with E-state index in [4.69, 9.17) is 12.2 Å².